The smallest absolute Gasteiger partial charge is 0.386 e. The number of rotatable bonds is 5. The molecule has 10 heteroatoms. The number of carbonyl (C=O) groups is 1. The lowest BCUT2D eigenvalue weighted by Crippen LogP contribution is -2.21. The Bertz CT molecular complexity index is 1170. The number of alkyl halides is 3. The first kappa shape index (κ1) is 24.1. The number of carbonyl (C=O) groups excluding carboxylic acids is 1. The van der Waals surface area contributed by atoms with Gasteiger partial charge in [0.1, 0.15) is 0 Å². The molecule has 34 heavy (non-hydrogen) atoms. The van der Waals surface area contributed by atoms with Crippen LogP contribution in [0.15, 0.2) is 30.7 Å². The molecule has 0 bridgehead atoms. The second-order valence-electron chi connectivity index (χ2n) is 9.45. The van der Waals surface area contributed by atoms with E-state index in [-0.39, 0.29) is 5.56 Å². The third-order valence-electron chi connectivity index (χ3n) is 6.50. The number of hydrogen-bond acceptors (Lipinski definition) is 5. The van der Waals surface area contributed by atoms with E-state index in [1.165, 1.54) is 19.3 Å². The summed E-state index contributed by atoms with van der Waals surface area (Å²) in [6.45, 7) is 5.40. The summed E-state index contributed by atoms with van der Waals surface area (Å²) in [5.41, 5.74) is 0.0696. The molecule has 0 atom stereocenters. The van der Waals surface area contributed by atoms with Gasteiger partial charge in [0.05, 0.1) is 22.7 Å². The summed E-state index contributed by atoms with van der Waals surface area (Å²) < 4.78 is 40.1. The van der Waals surface area contributed by atoms with Crippen molar-refractivity contribution < 1.29 is 23.1 Å². The molecule has 0 aliphatic heterocycles. The van der Waals surface area contributed by atoms with E-state index in [0.29, 0.717) is 22.8 Å². The Labute approximate surface area is 195 Å². The molecule has 1 aliphatic rings. The molecule has 0 spiro atoms. The number of nitrogens with one attached hydrogen (secondary N) is 1. The van der Waals surface area contributed by atoms with Gasteiger partial charge in [-0.2, -0.15) is 18.3 Å². The van der Waals surface area contributed by atoms with Gasteiger partial charge >= 0.3 is 6.18 Å². The molecule has 0 radical (unpaired) electrons. The predicted molar refractivity (Wildman–Crippen MR) is 121 cm³/mol. The van der Waals surface area contributed by atoms with E-state index < -0.39 is 23.5 Å². The van der Waals surface area contributed by atoms with Gasteiger partial charge in [-0.1, -0.05) is 13.3 Å². The Morgan fingerprint density at radius 3 is 2.35 bits per heavy atom. The van der Waals surface area contributed by atoms with Crippen LogP contribution in [0.25, 0.3) is 10.9 Å². The maximum atomic E-state index is 12.7. The fourth-order valence-corrected chi connectivity index (χ4v) is 4.49. The summed E-state index contributed by atoms with van der Waals surface area (Å²) in [4.78, 5) is 19.2. The van der Waals surface area contributed by atoms with Gasteiger partial charge in [-0.15, -0.1) is 0 Å². The highest BCUT2D eigenvalue weighted by molar-refractivity contribution is 6.05. The molecule has 1 aliphatic carbocycles. The van der Waals surface area contributed by atoms with Gasteiger partial charge in [-0.25, -0.2) is 9.97 Å². The zero-order valence-corrected chi connectivity index (χ0v) is 19.4. The van der Waals surface area contributed by atoms with Crippen LogP contribution < -0.4 is 5.32 Å². The van der Waals surface area contributed by atoms with Crippen molar-refractivity contribution in [2.24, 2.45) is 5.92 Å². The molecule has 182 valence electrons. The standard InChI is InChI=1S/C24H28F3N5O2/c1-4-14-5-7-17(8-6-14)32-13-15-9-20(18(23(2,3)34)10-19(15)31-32)30-21(33)16-11-28-22(29-12-16)24(25,26)27/h9-14,17,34H,4-8H2,1-3H3,(H,30,33)/t14-,17-. The lowest BCUT2D eigenvalue weighted by atomic mass is 9.85. The summed E-state index contributed by atoms with van der Waals surface area (Å²) in [5, 5.41) is 18.9. The van der Waals surface area contributed by atoms with Crippen molar-refractivity contribution in [2.45, 2.75) is 70.7 Å². The van der Waals surface area contributed by atoms with Crippen LogP contribution in [0.1, 0.15) is 80.7 Å². The quantitative estimate of drug-likeness (QED) is 0.511. The molecule has 1 amide bonds. The molecular formula is C24H28F3N5O2. The van der Waals surface area contributed by atoms with Crippen molar-refractivity contribution in [3.63, 3.8) is 0 Å². The van der Waals surface area contributed by atoms with Crippen LogP contribution in [0, 0.1) is 5.92 Å². The first-order valence-electron chi connectivity index (χ1n) is 11.4. The Kier molecular flexibility index (Phi) is 6.37. The number of fused-ring (bicyclic) bond motifs is 1. The highest BCUT2D eigenvalue weighted by atomic mass is 19.4. The van der Waals surface area contributed by atoms with Crippen molar-refractivity contribution in [1.82, 2.24) is 19.7 Å². The number of amides is 1. The van der Waals surface area contributed by atoms with Gasteiger partial charge in [-0.05, 0) is 57.6 Å². The summed E-state index contributed by atoms with van der Waals surface area (Å²) in [5.74, 6) is -1.23. The average molecular weight is 476 g/mol. The lowest BCUT2D eigenvalue weighted by molar-refractivity contribution is -0.145. The van der Waals surface area contributed by atoms with Crippen molar-refractivity contribution in [1.29, 1.82) is 0 Å². The van der Waals surface area contributed by atoms with Gasteiger partial charge in [0, 0.05) is 35.2 Å². The van der Waals surface area contributed by atoms with Gasteiger partial charge in [0.15, 0.2) is 0 Å². The molecule has 1 aromatic carbocycles. The second-order valence-corrected chi connectivity index (χ2v) is 9.45. The van der Waals surface area contributed by atoms with Crippen LogP contribution in [0.3, 0.4) is 0 Å². The number of halogens is 3. The van der Waals surface area contributed by atoms with Gasteiger partial charge in [-0.3, -0.25) is 9.48 Å². The van der Waals surface area contributed by atoms with E-state index in [1.54, 1.807) is 26.0 Å². The minimum Gasteiger partial charge on any atom is -0.386 e. The van der Waals surface area contributed by atoms with Crippen LogP contribution in [-0.4, -0.2) is 30.8 Å². The van der Waals surface area contributed by atoms with E-state index in [2.05, 4.69) is 22.2 Å². The zero-order chi connectivity index (χ0) is 24.7. The third-order valence-corrected chi connectivity index (χ3v) is 6.50. The molecule has 0 unspecified atom stereocenters. The maximum Gasteiger partial charge on any atom is 0.451 e. The van der Waals surface area contributed by atoms with Gasteiger partial charge < -0.3 is 10.4 Å². The topological polar surface area (TPSA) is 92.9 Å². The van der Waals surface area contributed by atoms with Crippen LogP contribution in [0.5, 0.6) is 0 Å². The highest BCUT2D eigenvalue weighted by Crippen LogP contribution is 2.36. The largest absolute Gasteiger partial charge is 0.451 e. The van der Waals surface area contributed by atoms with E-state index in [9.17, 15) is 23.1 Å². The Morgan fingerprint density at radius 1 is 1.15 bits per heavy atom. The SMILES string of the molecule is CC[C@H]1CC[C@H](n2cc3cc(NC(=O)c4cnc(C(F)(F)F)nc4)c(C(C)(C)O)cc3n2)CC1. The van der Waals surface area contributed by atoms with E-state index in [4.69, 9.17) is 5.10 Å². The van der Waals surface area contributed by atoms with Crippen LogP contribution >= 0.6 is 0 Å². The second kappa shape index (κ2) is 8.98. The molecule has 7 nitrogen and oxygen atoms in total. The number of benzene rings is 1. The predicted octanol–water partition coefficient (Wildman–Crippen LogP) is 5.47. The van der Waals surface area contributed by atoms with Crippen molar-refractivity contribution in [3.05, 3.63) is 47.7 Å². The molecule has 4 rings (SSSR count). The summed E-state index contributed by atoms with van der Waals surface area (Å²) in [6.07, 6.45) is 4.56. The zero-order valence-electron chi connectivity index (χ0n) is 19.4. The Hall–Kier alpha value is -3.01. The van der Waals surface area contributed by atoms with Gasteiger partial charge in [0.25, 0.3) is 5.91 Å². The number of aliphatic hydroxyl groups is 1. The molecule has 0 saturated heterocycles. The summed E-state index contributed by atoms with van der Waals surface area (Å²) in [7, 11) is 0. The first-order chi connectivity index (χ1) is 16.0. The number of anilines is 1. The summed E-state index contributed by atoms with van der Waals surface area (Å²) >= 11 is 0. The van der Waals surface area contributed by atoms with Crippen LogP contribution in [-0.2, 0) is 11.8 Å². The molecule has 2 aromatic heterocycles. The number of hydrogen-bond donors (Lipinski definition) is 2. The van der Waals surface area contributed by atoms with Crippen molar-refractivity contribution >= 4 is 22.5 Å². The molecular weight excluding hydrogens is 447 g/mol. The molecule has 3 aromatic rings. The number of aromatic nitrogens is 4. The minimum absolute atomic E-state index is 0.127. The van der Waals surface area contributed by atoms with Crippen molar-refractivity contribution in [3.8, 4) is 0 Å². The van der Waals surface area contributed by atoms with Crippen molar-refractivity contribution in [2.75, 3.05) is 5.32 Å². The normalized spacial score (nSPS) is 19.4. The average Bonchev–Trinajstić information content (AvgIpc) is 3.20. The van der Waals surface area contributed by atoms with E-state index in [0.717, 1.165) is 36.5 Å². The minimum atomic E-state index is -4.69. The summed E-state index contributed by atoms with van der Waals surface area (Å²) in [6, 6.07) is 3.78. The van der Waals surface area contributed by atoms with E-state index in [1.807, 2.05) is 10.9 Å². The van der Waals surface area contributed by atoms with E-state index >= 15 is 0 Å². The number of nitrogens with zero attached hydrogens (tertiary/aromatic N) is 4. The third kappa shape index (κ3) is 5.06. The lowest BCUT2D eigenvalue weighted by Gasteiger charge is -2.27. The maximum absolute atomic E-state index is 12.7. The fourth-order valence-electron chi connectivity index (χ4n) is 4.49. The highest BCUT2D eigenvalue weighted by Gasteiger charge is 2.34. The molecule has 2 N–H and O–H groups in total. The monoisotopic (exact) mass is 475 g/mol. The Balaban J connectivity index is 1.62. The molecule has 1 saturated carbocycles. The van der Waals surface area contributed by atoms with Crippen LogP contribution in [0.2, 0.25) is 0 Å². The molecule has 1 fully saturated rings. The molecule has 2 heterocycles. The fraction of sp³-hybridized carbons (Fsp3) is 0.500. The van der Waals surface area contributed by atoms with Crippen LogP contribution in [0.4, 0.5) is 18.9 Å². The first-order valence-corrected chi connectivity index (χ1v) is 11.4. The Morgan fingerprint density at radius 2 is 1.79 bits per heavy atom. The van der Waals surface area contributed by atoms with Gasteiger partial charge in [0.2, 0.25) is 5.82 Å².